The third kappa shape index (κ3) is 3.23. The van der Waals surface area contributed by atoms with Crippen molar-refractivity contribution in [3.05, 3.63) is 65.5 Å². The number of hydrogen-bond acceptors (Lipinski definition) is 2. The molecule has 0 spiro atoms. The van der Waals surface area contributed by atoms with Crippen LogP contribution in [0.2, 0.25) is 0 Å². The van der Waals surface area contributed by atoms with Crippen molar-refractivity contribution < 1.29 is 13.9 Å². The lowest BCUT2D eigenvalue weighted by Crippen LogP contribution is -2.14. The third-order valence-corrected chi connectivity index (χ3v) is 3.29. The summed E-state index contributed by atoms with van der Waals surface area (Å²) in [6.45, 7) is 1.82. The molecule has 2 aromatic carbocycles. The number of ketones is 1. The van der Waals surface area contributed by atoms with Gasteiger partial charge in [-0.3, -0.25) is 4.79 Å². The van der Waals surface area contributed by atoms with Gasteiger partial charge in [0.05, 0.1) is 7.11 Å². The van der Waals surface area contributed by atoms with Crippen molar-refractivity contribution in [2.75, 3.05) is 7.11 Å². The van der Waals surface area contributed by atoms with Gasteiger partial charge in [0.2, 0.25) is 0 Å². The average molecular weight is 272 g/mol. The van der Waals surface area contributed by atoms with Gasteiger partial charge < -0.3 is 4.74 Å². The summed E-state index contributed by atoms with van der Waals surface area (Å²) in [4.78, 5) is 12.2. The molecule has 0 bridgehead atoms. The molecule has 1 unspecified atom stereocenters. The summed E-state index contributed by atoms with van der Waals surface area (Å²) >= 11 is 0. The molecule has 0 aliphatic heterocycles. The Morgan fingerprint density at radius 1 is 1.20 bits per heavy atom. The highest BCUT2D eigenvalue weighted by molar-refractivity contribution is 5.97. The molecule has 0 N–H and O–H groups in total. The molecule has 3 heteroatoms. The molecular weight excluding hydrogens is 255 g/mol. The van der Waals surface area contributed by atoms with Crippen LogP contribution in [0.1, 0.15) is 22.8 Å². The maximum absolute atomic E-state index is 13.9. The first kappa shape index (κ1) is 14.3. The number of Topliss-reactive ketones (excluding diaryl/α,β-unsaturated/α-hetero) is 1. The highest BCUT2D eigenvalue weighted by Gasteiger charge is 2.17. The minimum absolute atomic E-state index is 0.0285. The number of hydrogen-bond donors (Lipinski definition) is 0. The van der Waals surface area contributed by atoms with E-state index in [4.69, 9.17) is 4.74 Å². The minimum atomic E-state index is -0.336. The predicted molar refractivity (Wildman–Crippen MR) is 76.6 cm³/mol. The van der Waals surface area contributed by atoms with Crippen molar-refractivity contribution in [1.29, 1.82) is 0 Å². The Bertz CT molecular complexity index is 593. The molecule has 0 saturated heterocycles. The second-order valence-corrected chi connectivity index (χ2v) is 4.79. The standard InChI is InChI=1S/C17H17FO2/c1-12(17(19)13-6-4-3-5-7-13)10-14-8-9-15(20-2)11-16(14)18/h3-9,11-12H,10H2,1-2H3. The number of methoxy groups -OCH3 is 1. The van der Waals surface area contributed by atoms with Crippen LogP contribution in [-0.4, -0.2) is 12.9 Å². The van der Waals surface area contributed by atoms with Crippen LogP contribution >= 0.6 is 0 Å². The molecule has 0 radical (unpaired) electrons. The normalized spacial score (nSPS) is 11.9. The number of rotatable bonds is 5. The highest BCUT2D eigenvalue weighted by atomic mass is 19.1. The first-order valence-electron chi connectivity index (χ1n) is 6.53. The average Bonchev–Trinajstić information content (AvgIpc) is 2.49. The molecule has 2 aromatic rings. The summed E-state index contributed by atoms with van der Waals surface area (Å²) in [5, 5.41) is 0. The van der Waals surface area contributed by atoms with Crippen LogP contribution in [0.15, 0.2) is 48.5 Å². The van der Waals surface area contributed by atoms with Crippen LogP contribution in [0.4, 0.5) is 4.39 Å². The zero-order chi connectivity index (χ0) is 14.5. The Hall–Kier alpha value is -2.16. The molecule has 0 aliphatic carbocycles. The van der Waals surface area contributed by atoms with Crippen LogP contribution < -0.4 is 4.74 Å². The fraction of sp³-hybridized carbons (Fsp3) is 0.235. The molecule has 0 saturated carbocycles. The smallest absolute Gasteiger partial charge is 0.165 e. The minimum Gasteiger partial charge on any atom is -0.497 e. The van der Waals surface area contributed by atoms with Crippen molar-refractivity contribution >= 4 is 5.78 Å². The van der Waals surface area contributed by atoms with Crippen molar-refractivity contribution in [2.45, 2.75) is 13.3 Å². The van der Waals surface area contributed by atoms with Crippen molar-refractivity contribution in [1.82, 2.24) is 0 Å². The van der Waals surface area contributed by atoms with E-state index >= 15 is 0 Å². The zero-order valence-corrected chi connectivity index (χ0v) is 11.6. The highest BCUT2D eigenvalue weighted by Crippen LogP contribution is 2.20. The molecule has 2 nitrogen and oxygen atoms in total. The molecule has 1 atom stereocenters. The Morgan fingerprint density at radius 2 is 1.90 bits per heavy atom. The summed E-state index contributed by atoms with van der Waals surface area (Å²) < 4.78 is 18.8. The molecular formula is C17H17FO2. The van der Waals surface area contributed by atoms with E-state index in [-0.39, 0.29) is 17.5 Å². The molecule has 20 heavy (non-hydrogen) atoms. The lowest BCUT2D eigenvalue weighted by atomic mass is 9.93. The second kappa shape index (κ2) is 6.33. The predicted octanol–water partition coefficient (Wildman–Crippen LogP) is 3.90. The largest absolute Gasteiger partial charge is 0.497 e. The Morgan fingerprint density at radius 3 is 2.50 bits per heavy atom. The first-order valence-corrected chi connectivity index (χ1v) is 6.53. The van der Waals surface area contributed by atoms with E-state index in [0.717, 1.165) is 0 Å². The molecule has 0 aliphatic rings. The van der Waals surface area contributed by atoms with Gasteiger partial charge in [0.25, 0.3) is 0 Å². The molecule has 104 valence electrons. The van der Waals surface area contributed by atoms with Crippen LogP contribution in [0.5, 0.6) is 5.75 Å². The number of carbonyl (C=O) groups excluding carboxylic acids is 1. The summed E-state index contributed by atoms with van der Waals surface area (Å²) in [5.41, 5.74) is 1.19. The van der Waals surface area contributed by atoms with Crippen molar-refractivity contribution in [2.24, 2.45) is 5.92 Å². The van der Waals surface area contributed by atoms with Gasteiger partial charge in [-0.25, -0.2) is 4.39 Å². The molecule has 0 aromatic heterocycles. The van der Waals surface area contributed by atoms with E-state index in [1.807, 2.05) is 25.1 Å². The van der Waals surface area contributed by atoms with Crippen LogP contribution in [0.25, 0.3) is 0 Å². The molecule has 0 amide bonds. The van der Waals surface area contributed by atoms with Crippen molar-refractivity contribution in [3.8, 4) is 5.75 Å². The molecule has 0 fully saturated rings. The van der Waals surface area contributed by atoms with E-state index in [9.17, 15) is 9.18 Å². The molecule has 2 rings (SSSR count). The van der Waals surface area contributed by atoms with Gasteiger partial charge in [-0.15, -0.1) is 0 Å². The van der Waals surface area contributed by atoms with E-state index < -0.39 is 0 Å². The number of carbonyl (C=O) groups is 1. The van der Waals surface area contributed by atoms with Gasteiger partial charge in [0.15, 0.2) is 5.78 Å². The van der Waals surface area contributed by atoms with Crippen LogP contribution in [0.3, 0.4) is 0 Å². The summed E-state index contributed by atoms with van der Waals surface area (Å²) in [7, 11) is 1.50. The second-order valence-electron chi connectivity index (χ2n) is 4.79. The van der Waals surface area contributed by atoms with E-state index in [1.54, 1.807) is 24.3 Å². The summed E-state index contributed by atoms with van der Waals surface area (Å²) in [5.74, 6) is -0.0912. The number of benzene rings is 2. The number of ether oxygens (including phenoxy) is 1. The topological polar surface area (TPSA) is 26.3 Å². The fourth-order valence-electron chi connectivity index (χ4n) is 2.13. The number of halogens is 1. The van der Waals surface area contributed by atoms with E-state index in [2.05, 4.69) is 0 Å². The van der Waals surface area contributed by atoms with E-state index in [0.29, 0.717) is 23.3 Å². The zero-order valence-electron chi connectivity index (χ0n) is 11.6. The van der Waals surface area contributed by atoms with Crippen LogP contribution in [-0.2, 0) is 6.42 Å². The van der Waals surface area contributed by atoms with Crippen molar-refractivity contribution in [3.63, 3.8) is 0 Å². The molecule has 0 heterocycles. The van der Waals surface area contributed by atoms with Gasteiger partial charge in [-0.1, -0.05) is 43.3 Å². The lowest BCUT2D eigenvalue weighted by molar-refractivity contribution is 0.0929. The third-order valence-electron chi connectivity index (χ3n) is 3.29. The Kier molecular flexibility index (Phi) is 4.51. The SMILES string of the molecule is COc1ccc(CC(C)C(=O)c2ccccc2)c(F)c1. The van der Waals surface area contributed by atoms with Gasteiger partial charge in [0.1, 0.15) is 11.6 Å². The Labute approximate surface area is 118 Å². The summed E-state index contributed by atoms with van der Waals surface area (Å²) in [6, 6.07) is 13.8. The first-order chi connectivity index (χ1) is 9.61. The fourth-order valence-corrected chi connectivity index (χ4v) is 2.13. The van der Waals surface area contributed by atoms with Gasteiger partial charge in [-0.05, 0) is 18.1 Å². The maximum atomic E-state index is 13.9. The Balaban J connectivity index is 2.12. The monoisotopic (exact) mass is 272 g/mol. The summed E-state index contributed by atoms with van der Waals surface area (Å²) in [6.07, 6.45) is 0.379. The van der Waals surface area contributed by atoms with Crippen LogP contribution in [0, 0.1) is 11.7 Å². The van der Waals surface area contributed by atoms with Gasteiger partial charge in [0, 0.05) is 17.5 Å². The van der Waals surface area contributed by atoms with E-state index in [1.165, 1.54) is 13.2 Å². The lowest BCUT2D eigenvalue weighted by Gasteiger charge is -2.12. The van der Waals surface area contributed by atoms with Gasteiger partial charge >= 0.3 is 0 Å². The quantitative estimate of drug-likeness (QED) is 0.772. The maximum Gasteiger partial charge on any atom is 0.165 e. The van der Waals surface area contributed by atoms with Gasteiger partial charge in [-0.2, -0.15) is 0 Å².